The van der Waals surface area contributed by atoms with Crippen LogP contribution in [-0.2, 0) is 0 Å². The van der Waals surface area contributed by atoms with Crippen molar-refractivity contribution in [3.63, 3.8) is 0 Å². The standard InChI is InChI=1S/C17H34N2O/c1-4-14-5-6-17(18-3)16(11-14)12-19-9-7-15(8-10-19)13(2)20/h13-18,20H,4-12H2,1-3H3. The molecule has 0 radical (unpaired) electrons. The average Bonchev–Trinajstić information content (AvgIpc) is 2.47. The summed E-state index contributed by atoms with van der Waals surface area (Å²) in [5.74, 6) is 2.29. The monoisotopic (exact) mass is 282 g/mol. The number of nitrogens with one attached hydrogen (secondary N) is 1. The fraction of sp³-hybridized carbons (Fsp3) is 1.00. The second kappa shape index (κ2) is 7.77. The molecule has 4 atom stereocenters. The third-order valence-electron chi connectivity index (χ3n) is 5.85. The Morgan fingerprint density at radius 3 is 2.45 bits per heavy atom. The zero-order valence-corrected chi connectivity index (χ0v) is 13.6. The predicted molar refractivity (Wildman–Crippen MR) is 84.8 cm³/mol. The van der Waals surface area contributed by atoms with Crippen LogP contribution < -0.4 is 5.32 Å². The predicted octanol–water partition coefficient (Wildman–Crippen LogP) is 2.49. The van der Waals surface area contributed by atoms with E-state index in [0.29, 0.717) is 12.0 Å². The minimum Gasteiger partial charge on any atom is -0.393 e. The molecule has 0 aromatic carbocycles. The molecule has 2 fully saturated rings. The third-order valence-corrected chi connectivity index (χ3v) is 5.85. The lowest BCUT2D eigenvalue weighted by molar-refractivity contribution is 0.0568. The SMILES string of the molecule is CCC1CCC(NC)C(CN2CCC(C(C)O)CC2)C1. The van der Waals surface area contributed by atoms with E-state index in [1.165, 1.54) is 58.2 Å². The van der Waals surface area contributed by atoms with Crippen LogP contribution in [0.2, 0.25) is 0 Å². The zero-order valence-electron chi connectivity index (χ0n) is 13.6. The number of rotatable bonds is 5. The summed E-state index contributed by atoms with van der Waals surface area (Å²) >= 11 is 0. The van der Waals surface area contributed by atoms with Crippen LogP contribution in [0.1, 0.15) is 52.4 Å². The summed E-state index contributed by atoms with van der Waals surface area (Å²) < 4.78 is 0. The highest BCUT2D eigenvalue weighted by Gasteiger charge is 2.31. The summed E-state index contributed by atoms with van der Waals surface area (Å²) in [5, 5.41) is 13.3. The number of nitrogens with zero attached hydrogens (tertiary/aromatic N) is 1. The van der Waals surface area contributed by atoms with Crippen molar-refractivity contribution in [3.8, 4) is 0 Å². The molecule has 0 spiro atoms. The molecule has 1 saturated heterocycles. The number of piperidine rings is 1. The average molecular weight is 282 g/mol. The van der Waals surface area contributed by atoms with E-state index in [4.69, 9.17) is 0 Å². The van der Waals surface area contributed by atoms with E-state index in [1.807, 2.05) is 6.92 Å². The maximum absolute atomic E-state index is 9.70. The van der Waals surface area contributed by atoms with E-state index in [0.717, 1.165) is 11.8 Å². The van der Waals surface area contributed by atoms with Crippen LogP contribution in [0.25, 0.3) is 0 Å². The van der Waals surface area contributed by atoms with Crippen LogP contribution in [0.5, 0.6) is 0 Å². The number of aliphatic hydroxyl groups is 1. The first-order valence-corrected chi connectivity index (χ1v) is 8.71. The molecule has 1 saturated carbocycles. The van der Waals surface area contributed by atoms with Gasteiger partial charge in [-0.1, -0.05) is 13.3 Å². The lowest BCUT2D eigenvalue weighted by atomic mass is 9.76. The molecule has 2 N–H and O–H groups in total. The van der Waals surface area contributed by atoms with E-state index >= 15 is 0 Å². The molecule has 2 aliphatic rings. The molecule has 20 heavy (non-hydrogen) atoms. The Balaban J connectivity index is 1.82. The third kappa shape index (κ3) is 4.19. The zero-order chi connectivity index (χ0) is 14.5. The first-order valence-electron chi connectivity index (χ1n) is 8.71. The van der Waals surface area contributed by atoms with Gasteiger partial charge in [-0.25, -0.2) is 0 Å². The maximum Gasteiger partial charge on any atom is 0.0541 e. The van der Waals surface area contributed by atoms with Gasteiger partial charge in [-0.2, -0.15) is 0 Å². The van der Waals surface area contributed by atoms with Gasteiger partial charge < -0.3 is 15.3 Å². The van der Waals surface area contributed by atoms with Crippen molar-refractivity contribution in [2.45, 2.75) is 64.5 Å². The second-order valence-electron chi connectivity index (χ2n) is 7.12. The van der Waals surface area contributed by atoms with Crippen molar-refractivity contribution in [1.29, 1.82) is 0 Å². The van der Waals surface area contributed by atoms with Gasteiger partial charge >= 0.3 is 0 Å². The summed E-state index contributed by atoms with van der Waals surface area (Å²) in [5.41, 5.74) is 0. The Labute approximate surface area is 125 Å². The van der Waals surface area contributed by atoms with Crippen molar-refractivity contribution in [3.05, 3.63) is 0 Å². The second-order valence-corrected chi connectivity index (χ2v) is 7.12. The highest BCUT2D eigenvalue weighted by Crippen LogP contribution is 2.32. The molecule has 3 nitrogen and oxygen atoms in total. The number of likely N-dealkylation sites (tertiary alicyclic amines) is 1. The number of hydrogen-bond acceptors (Lipinski definition) is 3. The van der Waals surface area contributed by atoms with Crippen molar-refractivity contribution in [1.82, 2.24) is 10.2 Å². The summed E-state index contributed by atoms with van der Waals surface area (Å²) in [4.78, 5) is 2.64. The van der Waals surface area contributed by atoms with Crippen LogP contribution in [0, 0.1) is 17.8 Å². The lowest BCUT2D eigenvalue weighted by Gasteiger charge is -2.41. The van der Waals surface area contributed by atoms with Gasteiger partial charge in [0.1, 0.15) is 0 Å². The molecule has 0 bridgehead atoms. The topological polar surface area (TPSA) is 35.5 Å². The molecule has 1 aliphatic carbocycles. The Bertz CT molecular complexity index is 274. The van der Waals surface area contributed by atoms with Gasteiger partial charge in [0.05, 0.1) is 6.10 Å². The van der Waals surface area contributed by atoms with E-state index in [-0.39, 0.29) is 6.10 Å². The summed E-state index contributed by atoms with van der Waals surface area (Å²) in [6.07, 6.45) is 7.72. The van der Waals surface area contributed by atoms with Crippen molar-refractivity contribution < 1.29 is 5.11 Å². The smallest absolute Gasteiger partial charge is 0.0541 e. The van der Waals surface area contributed by atoms with Crippen LogP contribution in [0.4, 0.5) is 0 Å². The molecular weight excluding hydrogens is 248 g/mol. The lowest BCUT2D eigenvalue weighted by Crippen LogP contribution is -2.47. The first kappa shape index (κ1) is 16.3. The molecule has 4 unspecified atom stereocenters. The van der Waals surface area contributed by atoms with Gasteiger partial charge in [0, 0.05) is 12.6 Å². The Morgan fingerprint density at radius 1 is 1.20 bits per heavy atom. The summed E-state index contributed by atoms with van der Waals surface area (Å²) in [7, 11) is 2.13. The van der Waals surface area contributed by atoms with Gasteiger partial charge in [0.2, 0.25) is 0 Å². The summed E-state index contributed by atoms with van der Waals surface area (Å²) in [6, 6.07) is 0.715. The van der Waals surface area contributed by atoms with Gasteiger partial charge in [0.15, 0.2) is 0 Å². The molecular formula is C17H34N2O. The minimum atomic E-state index is -0.124. The van der Waals surface area contributed by atoms with Crippen LogP contribution in [-0.4, -0.2) is 48.8 Å². The summed E-state index contributed by atoms with van der Waals surface area (Å²) in [6.45, 7) is 7.91. The Hall–Kier alpha value is -0.120. The Morgan fingerprint density at radius 2 is 1.90 bits per heavy atom. The van der Waals surface area contributed by atoms with E-state index in [2.05, 4.69) is 24.2 Å². The number of hydrogen-bond donors (Lipinski definition) is 2. The molecule has 3 heteroatoms. The molecule has 2 rings (SSSR count). The molecule has 0 amide bonds. The molecule has 1 aliphatic heterocycles. The molecule has 1 heterocycles. The van der Waals surface area contributed by atoms with E-state index < -0.39 is 0 Å². The fourth-order valence-electron chi connectivity index (χ4n) is 4.26. The Kier molecular flexibility index (Phi) is 6.31. The van der Waals surface area contributed by atoms with Gasteiger partial charge in [-0.15, -0.1) is 0 Å². The van der Waals surface area contributed by atoms with Crippen molar-refractivity contribution in [2.24, 2.45) is 17.8 Å². The molecule has 118 valence electrons. The molecule has 0 aromatic rings. The van der Waals surface area contributed by atoms with Gasteiger partial charge in [-0.05, 0) is 76.9 Å². The van der Waals surface area contributed by atoms with Crippen molar-refractivity contribution in [2.75, 3.05) is 26.7 Å². The van der Waals surface area contributed by atoms with E-state index in [9.17, 15) is 5.11 Å². The van der Waals surface area contributed by atoms with Gasteiger partial charge in [-0.3, -0.25) is 0 Å². The minimum absolute atomic E-state index is 0.124. The van der Waals surface area contributed by atoms with Gasteiger partial charge in [0.25, 0.3) is 0 Å². The van der Waals surface area contributed by atoms with Crippen LogP contribution in [0.15, 0.2) is 0 Å². The fourth-order valence-corrected chi connectivity index (χ4v) is 4.26. The number of aliphatic hydroxyl groups excluding tert-OH is 1. The highest BCUT2D eigenvalue weighted by atomic mass is 16.3. The van der Waals surface area contributed by atoms with Crippen LogP contribution >= 0.6 is 0 Å². The quantitative estimate of drug-likeness (QED) is 0.813. The maximum atomic E-state index is 9.70. The first-order chi connectivity index (χ1) is 9.63. The van der Waals surface area contributed by atoms with Crippen molar-refractivity contribution >= 4 is 0 Å². The molecule has 0 aromatic heterocycles. The largest absolute Gasteiger partial charge is 0.393 e. The van der Waals surface area contributed by atoms with Crippen LogP contribution in [0.3, 0.4) is 0 Å². The highest BCUT2D eigenvalue weighted by molar-refractivity contribution is 4.87. The normalized spacial score (nSPS) is 35.1. The van der Waals surface area contributed by atoms with E-state index in [1.54, 1.807) is 0 Å².